The zero-order chi connectivity index (χ0) is 16.9. The summed E-state index contributed by atoms with van der Waals surface area (Å²) in [5.41, 5.74) is 2.29. The number of rotatable bonds is 6. The quantitative estimate of drug-likeness (QED) is 0.670. The molecule has 0 amide bonds. The van der Waals surface area contributed by atoms with Gasteiger partial charge in [-0.3, -0.25) is 0 Å². The molecule has 24 heavy (non-hydrogen) atoms. The van der Waals surface area contributed by atoms with Gasteiger partial charge in [0, 0.05) is 16.1 Å². The van der Waals surface area contributed by atoms with Crippen LogP contribution >= 0.6 is 15.9 Å². The first-order valence-electron chi connectivity index (χ1n) is 7.47. The van der Waals surface area contributed by atoms with E-state index < -0.39 is 6.67 Å². The molecule has 0 atom stereocenters. The number of aromatic nitrogens is 2. The minimum Gasteiger partial charge on any atom is -0.439 e. The molecule has 0 aliphatic carbocycles. The van der Waals surface area contributed by atoms with E-state index in [1.54, 1.807) is 28.9 Å². The van der Waals surface area contributed by atoms with Crippen molar-refractivity contribution in [3.63, 3.8) is 0 Å². The van der Waals surface area contributed by atoms with E-state index in [2.05, 4.69) is 21.0 Å². The van der Waals surface area contributed by atoms with Crippen molar-refractivity contribution < 1.29 is 14.2 Å². The van der Waals surface area contributed by atoms with Crippen molar-refractivity contribution in [3.05, 3.63) is 64.6 Å². The number of nitrogens with zero attached hydrogens (tertiary/aromatic N) is 2. The Balaban J connectivity index is 1.90. The van der Waals surface area contributed by atoms with Gasteiger partial charge in [-0.2, -0.15) is 5.10 Å². The number of ether oxygens (including phenoxy) is 1. The molecule has 4 nitrogen and oxygen atoms in total. The van der Waals surface area contributed by atoms with Gasteiger partial charge in [0.1, 0.15) is 12.4 Å². The molecule has 0 spiro atoms. The molecule has 0 unspecified atom stereocenters. The summed E-state index contributed by atoms with van der Waals surface area (Å²) in [6.07, 6.45) is 0. The lowest BCUT2D eigenvalue weighted by Gasteiger charge is -2.07. The van der Waals surface area contributed by atoms with E-state index in [0.717, 1.165) is 15.7 Å². The lowest BCUT2D eigenvalue weighted by Crippen LogP contribution is -2.05. The number of hydrogen-bond acceptors (Lipinski definition) is 3. The normalized spacial score (nSPS) is 10.8. The number of aliphatic hydroxyl groups excluding tert-OH is 1. The van der Waals surface area contributed by atoms with Crippen LogP contribution in [-0.4, -0.2) is 21.5 Å². The maximum absolute atomic E-state index is 12.6. The molecular weight excluding hydrogens is 375 g/mol. The van der Waals surface area contributed by atoms with Crippen LogP contribution in [0.3, 0.4) is 0 Å². The highest BCUT2D eigenvalue weighted by Crippen LogP contribution is 2.29. The van der Waals surface area contributed by atoms with Crippen molar-refractivity contribution >= 4 is 15.9 Å². The summed E-state index contributed by atoms with van der Waals surface area (Å²) in [4.78, 5) is 0. The fourth-order valence-corrected chi connectivity index (χ4v) is 2.69. The maximum atomic E-state index is 12.6. The molecular formula is C18H16BrFN2O2. The fourth-order valence-electron chi connectivity index (χ4n) is 2.29. The first-order valence-corrected chi connectivity index (χ1v) is 8.26. The van der Waals surface area contributed by atoms with E-state index >= 15 is 0 Å². The smallest absolute Gasteiger partial charge is 0.218 e. The first kappa shape index (κ1) is 16.7. The molecule has 0 saturated carbocycles. The Morgan fingerprint density at radius 3 is 2.58 bits per heavy atom. The van der Waals surface area contributed by atoms with Crippen molar-refractivity contribution in [2.45, 2.75) is 13.2 Å². The van der Waals surface area contributed by atoms with Crippen LogP contribution in [0.25, 0.3) is 11.3 Å². The van der Waals surface area contributed by atoms with Crippen LogP contribution in [0.5, 0.6) is 11.6 Å². The molecule has 1 heterocycles. The van der Waals surface area contributed by atoms with Crippen LogP contribution in [0, 0.1) is 0 Å². The molecule has 3 aromatic rings. The van der Waals surface area contributed by atoms with Gasteiger partial charge in [0.25, 0.3) is 0 Å². The predicted octanol–water partition coefficient (Wildman–Crippen LogP) is 4.57. The summed E-state index contributed by atoms with van der Waals surface area (Å²) in [5.74, 6) is 1.11. The minimum atomic E-state index is -0.504. The Morgan fingerprint density at radius 2 is 1.92 bits per heavy atom. The minimum absolute atomic E-state index is 0.0449. The summed E-state index contributed by atoms with van der Waals surface area (Å²) in [7, 11) is 0. The summed E-state index contributed by atoms with van der Waals surface area (Å²) >= 11 is 3.45. The van der Waals surface area contributed by atoms with Crippen LogP contribution in [-0.2, 0) is 13.2 Å². The van der Waals surface area contributed by atoms with Crippen LogP contribution in [0.4, 0.5) is 4.39 Å². The van der Waals surface area contributed by atoms with E-state index in [-0.39, 0.29) is 6.61 Å². The maximum Gasteiger partial charge on any atom is 0.218 e. The second-order valence-electron chi connectivity index (χ2n) is 5.20. The van der Waals surface area contributed by atoms with Gasteiger partial charge in [0.15, 0.2) is 0 Å². The van der Waals surface area contributed by atoms with E-state index in [4.69, 9.17) is 4.74 Å². The van der Waals surface area contributed by atoms with Crippen LogP contribution < -0.4 is 4.74 Å². The summed E-state index contributed by atoms with van der Waals surface area (Å²) in [5, 5.41) is 13.7. The monoisotopic (exact) mass is 390 g/mol. The molecule has 0 bridgehead atoms. The van der Waals surface area contributed by atoms with Gasteiger partial charge in [-0.25, -0.2) is 9.07 Å². The summed E-state index contributed by atoms with van der Waals surface area (Å²) < 4.78 is 21.0. The average Bonchev–Trinajstić information content (AvgIpc) is 2.99. The molecule has 0 aliphatic rings. The van der Waals surface area contributed by atoms with Gasteiger partial charge >= 0.3 is 0 Å². The first-order chi connectivity index (χ1) is 11.7. The van der Waals surface area contributed by atoms with Crippen molar-refractivity contribution in [3.8, 4) is 22.9 Å². The van der Waals surface area contributed by atoms with Crippen LogP contribution in [0.15, 0.2) is 59.1 Å². The zero-order valence-corrected chi connectivity index (χ0v) is 14.4. The summed E-state index contributed by atoms with van der Waals surface area (Å²) in [6, 6.07) is 16.4. The topological polar surface area (TPSA) is 47.3 Å². The second kappa shape index (κ2) is 7.59. The van der Waals surface area contributed by atoms with Crippen molar-refractivity contribution in [2.24, 2.45) is 0 Å². The Morgan fingerprint density at radius 1 is 1.12 bits per heavy atom. The van der Waals surface area contributed by atoms with Crippen LogP contribution in [0.2, 0.25) is 0 Å². The molecule has 6 heteroatoms. The molecule has 0 fully saturated rings. The van der Waals surface area contributed by atoms with Gasteiger partial charge in [-0.15, -0.1) is 0 Å². The lowest BCUT2D eigenvalue weighted by molar-refractivity contribution is 0.260. The third-order valence-corrected chi connectivity index (χ3v) is 3.97. The average molecular weight is 391 g/mol. The molecule has 3 rings (SSSR count). The van der Waals surface area contributed by atoms with Crippen molar-refractivity contribution in [1.29, 1.82) is 0 Å². The molecule has 124 valence electrons. The largest absolute Gasteiger partial charge is 0.439 e. The molecule has 0 saturated heterocycles. The third-order valence-electron chi connectivity index (χ3n) is 3.48. The van der Waals surface area contributed by atoms with E-state index in [1.807, 2.05) is 30.3 Å². The Labute approximate surface area is 147 Å². The highest BCUT2D eigenvalue weighted by molar-refractivity contribution is 9.10. The summed E-state index contributed by atoms with van der Waals surface area (Å²) in [6.45, 7) is -0.224. The highest BCUT2D eigenvalue weighted by Gasteiger charge is 2.12. The van der Waals surface area contributed by atoms with Crippen LogP contribution in [0.1, 0.15) is 5.56 Å². The zero-order valence-electron chi connectivity index (χ0n) is 12.8. The molecule has 0 radical (unpaired) electrons. The number of aliphatic hydroxyl groups is 1. The number of halogens is 2. The van der Waals surface area contributed by atoms with Gasteiger partial charge in [0.05, 0.1) is 18.8 Å². The Kier molecular flexibility index (Phi) is 5.27. The number of alkyl halides is 1. The van der Waals surface area contributed by atoms with Crippen molar-refractivity contribution in [1.82, 2.24) is 9.78 Å². The van der Waals surface area contributed by atoms with E-state index in [1.165, 1.54) is 0 Å². The molecule has 0 aliphatic heterocycles. The van der Waals surface area contributed by atoms with Gasteiger partial charge in [-0.05, 0) is 29.8 Å². The highest BCUT2D eigenvalue weighted by atomic mass is 79.9. The Hall–Kier alpha value is -2.18. The van der Waals surface area contributed by atoms with E-state index in [9.17, 15) is 9.50 Å². The molecule has 1 aromatic heterocycles. The number of hydrogen-bond donors (Lipinski definition) is 1. The van der Waals surface area contributed by atoms with Gasteiger partial charge < -0.3 is 9.84 Å². The van der Waals surface area contributed by atoms with E-state index in [0.29, 0.717) is 23.7 Å². The fraction of sp³-hybridized carbons (Fsp3) is 0.167. The third kappa shape index (κ3) is 3.83. The SMILES string of the molecule is OCCn1nc(-c2cccc(Br)c2)cc1Oc1ccc(CF)cc1. The Bertz CT molecular complexity index is 818. The standard InChI is InChI=1S/C18H16BrFN2O2/c19-15-3-1-2-14(10-15)17-11-18(22(21-17)8-9-23)24-16-6-4-13(12-20)5-7-16/h1-7,10-11,23H,8-9,12H2. The van der Waals surface area contributed by atoms with Crippen molar-refractivity contribution in [2.75, 3.05) is 6.61 Å². The second-order valence-corrected chi connectivity index (χ2v) is 6.12. The predicted molar refractivity (Wildman–Crippen MR) is 93.8 cm³/mol. The number of benzene rings is 2. The molecule has 1 N–H and O–H groups in total. The van der Waals surface area contributed by atoms with Gasteiger partial charge in [0.2, 0.25) is 5.88 Å². The molecule has 2 aromatic carbocycles. The lowest BCUT2D eigenvalue weighted by atomic mass is 10.2. The van der Waals surface area contributed by atoms with Gasteiger partial charge in [-0.1, -0.05) is 40.2 Å².